The molecule has 0 fully saturated rings. The highest BCUT2D eigenvalue weighted by Gasteiger charge is 2.23. The van der Waals surface area contributed by atoms with Crippen molar-refractivity contribution in [2.45, 2.75) is 12.8 Å². The Hall–Kier alpha value is -2.94. The number of rotatable bonds is 4. The van der Waals surface area contributed by atoms with Crippen molar-refractivity contribution >= 4 is 11.6 Å². The van der Waals surface area contributed by atoms with Crippen molar-refractivity contribution < 1.29 is 4.79 Å². The van der Waals surface area contributed by atoms with E-state index in [1.807, 2.05) is 79.7 Å². The van der Waals surface area contributed by atoms with Gasteiger partial charge in [0.15, 0.2) is 0 Å². The summed E-state index contributed by atoms with van der Waals surface area (Å²) in [6.07, 6.45) is 1.71. The van der Waals surface area contributed by atoms with Gasteiger partial charge < -0.3 is 5.32 Å². The van der Waals surface area contributed by atoms with Gasteiger partial charge in [0.2, 0.25) is 5.91 Å². The monoisotopic (exact) mass is 302 g/mol. The summed E-state index contributed by atoms with van der Waals surface area (Å²) in [4.78, 5) is 17.2. The Morgan fingerprint density at radius 1 is 0.913 bits per heavy atom. The fourth-order valence-corrected chi connectivity index (χ4v) is 2.50. The van der Waals surface area contributed by atoms with E-state index in [2.05, 4.69) is 10.3 Å². The number of hydrogen-bond acceptors (Lipinski definition) is 2. The van der Waals surface area contributed by atoms with E-state index >= 15 is 0 Å². The summed E-state index contributed by atoms with van der Waals surface area (Å²) in [5.41, 5.74) is 3.62. The van der Waals surface area contributed by atoms with Crippen molar-refractivity contribution in [2.24, 2.45) is 0 Å². The standard InChI is InChI=1S/C20H18N2O/c1-15-10-12-16(13-11-15)19(18-9-5-6-14-21-18)20(23)22-17-7-3-2-4-8-17/h2-14,19H,1H3,(H,22,23). The third-order valence-corrected chi connectivity index (χ3v) is 3.70. The highest BCUT2D eigenvalue weighted by Crippen LogP contribution is 2.25. The molecule has 1 heterocycles. The Morgan fingerprint density at radius 3 is 2.26 bits per heavy atom. The Morgan fingerprint density at radius 2 is 1.61 bits per heavy atom. The summed E-state index contributed by atoms with van der Waals surface area (Å²) in [5, 5.41) is 2.97. The molecule has 0 aliphatic rings. The van der Waals surface area contributed by atoms with E-state index in [0.717, 1.165) is 22.5 Å². The number of carbonyl (C=O) groups excluding carboxylic acids is 1. The van der Waals surface area contributed by atoms with Crippen LogP contribution in [0.25, 0.3) is 0 Å². The van der Waals surface area contributed by atoms with Gasteiger partial charge >= 0.3 is 0 Å². The Bertz CT molecular complexity index is 768. The first-order valence-corrected chi connectivity index (χ1v) is 7.57. The van der Waals surface area contributed by atoms with Crippen molar-refractivity contribution in [1.82, 2.24) is 4.98 Å². The van der Waals surface area contributed by atoms with Gasteiger partial charge in [-0.2, -0.15) is 0 Å². The molecule has 0 spiro atoms. The van der Waals surface area contributed by atoms with E-state index in [1.165, 1.54) is 0 Å². The van der Waals surface area contributed by atoms with E-state index in [9.17, 15) is 4.79 Å². The Labute approximate surface area is 136 Å². The summed E-state index contributed by atoms with van der Waals surface area (Å²) in [6.45, 7) is 2.03. The minimum absolute atomic E-state index is 0.0845. The molecule has 114 valence electrons. The summed E-state index contributed by atoms with van der Waals surface area (Å²) >= 11 is 0. The maximum atomic E-state index is 12.8. The Balaban J connectivity index is 1.95. The maximum absolute atomic E-state index is 12.8. The van der Waals surface area contributed by atoms with E-state index in [-0.39, 0.29) is 5.91 Å². The van der Waals surface area contributed by atoms with Gasteiger partial charge in [0.25, 0.3) is 0 Å². The van der Waals surface area contributed by atoms with Crippen LogP contribution in [0.15, 0.2) is 79.0 Å². The summed E-state index contributed by atoms with van der Waals surface area (Å²) in [6, 6.07) is 23.1. The molecule has 3 rings (SSSR count). The lowest BCUT2D eigenvalue weighted by Crippen LogP contribution is -2.23. The van der Waals surface area contributed by atoms with Gasteiger partial charge in [-0.25, -0.2) is 0 Å². The maximum Gasteiger partial charge on any atom is 0.237 e. The predicted molar refractivity (Wildman–Crippen MR) is 92.3 cm³/mol. The van der Waals surface area contributed by atoms with Crippen molar-refractivity contribution in [3.63, 3.8) is 0 Å². The number of anilines is 1. The summed E-state index contributed by atoms with van der Waals surface area (Å²) in [7, 11) is 0. The van der Waals surface area contributed by atoms with Crippen LogP contribution in [0.2, 0.25) is 0 Å². The second-order valence-corrected chi connectivity index (χ2v) is 5.45. The fraction of sp³-hybridized carbons (Fsp3) is 0.100. The molecule has 3 heteroatoms. The number of nitrogens with one attached hydrogen (secondary N) is 1. The molecular weight excluding hydrogens is 284 g/mol. The largest absolute Gasteiger partial charge is 0.325 e. The molecule has 0 saturated heterocycles. The van der Waals surface area contributed by atoms with Crippen LogP contribution >= 0.6 is 0 Å². The quantitative estimate of drug-likeness (QED) is 0.786. The first-order valence-electron chi connectivity index (χ1n) is 7.57. The molecule has 1 amide bonds. The Kier molecular flexibility index (Phi) is 4.48. The van der Waals surface area contributed by atoms with Gasteiger partial charge in [0.1, 0.15) is 5.92 Å². The predicted octanol–water partition coefficient (Wildman–Crippen LogP) is 4.16. The van der Waals surface area contributed by atoms with Gasteiger partial charge in [0, 0.05) is 11.9 Å². The van der Waals surface area contributed by atoms with Crippen molar-refractivity contribution in [3.05, 3.63) is 95.8 Å². The van der Waals surface area contributed by atoms with Crippen LogP contribution in [-0.2, 0) is 4.79 Å². The average molecular weight is 302 g/mol. The molecule has 1 atom stereocenters. The highest BCUT2D eigenvalue weighted by atomic mass is 16.1. The number of nitrogens with zero attached hydrogens (tertiary/aromatic N) is 1. The van der Waals surface area contributed by atoms with Crippen LogP contribution < -0.4 is 5.32 Å². The summed E-state index contributed by atoms with van der Waals surface area (Å²) in [5.74, 6) is -0.518. The van der Waals surface area contributed by atoms with Crippen molar-refractivity contribution in [1.29, 1.82) is 0 Å². The number of aryl methyl sites for hydroxylation is 1. The molecule has 2 aromatic carbocycles. The molecule has 0 aliphatic carbocycles. The minimum atomic E-state index is -0.433. The number of carbonyl (C=O) groups is 1. The number of para-hydroxylation sites is 1. The highest BCUT2D eigenvalue weighted by molar-refractivity contribution is 5.97. The number of benzene rings is 2. The van der Waals surface area contributed by atoms with E-state index < -0.39 is 5.92 Å². The second kappa shape index (κ2) is 6.88. The molecule has 1 unspecified atom stereocenters. The third kappa shape index (κ3) is 3.64. The first kappa shape index (κ1) is 15.0. The minimum Gasteiger partial charge on any atom is -0.325 e. The molecule has 23 heavy (non-hydrogen) atoms. The normalized spacial score (nSPS) is 11.7. The molecule has 1 N–H and O–H groups in total. The van der Waals surface area contributed by atoms with E-state index in [0.29, 0.717) is 0 Å². The van der Waals surface area contributed by atoms with Crippen molar-refractivity contribution in [2.75, 3.05) is 5.32 Å². The van der Waals surface area contributed by atoms with Crippen LogP contribution in [-0.4, -0.2) is 10.9 Å². The molecular formula is C20H18N2O. The molecule has 0 bridgehead atoms. The first-order chi connectivity index (χ1) is 11.2. The zero-order chi connectivity index (χ0) is 16.1. The molecule has 0 saturated carbocycles. The van der Waals surface area contributed by atoms with Gasteiger partial charge in [0.05, 0.1) is 5.69 Å². The lowest BCUT2D eigenvalue weighted by molar-refractivity contribution is -0.116. The number of aromatic nitrogens is 1. The van der Waals surface area contributed by atoms with Crippen molar-refractivity contribution in [3.8, 4) is 0 Å². The zero-order valence-corrected chi connectivity index (χ0v) is 12.9. The third-order valence-electron chi connectivity index (χ3n) is 3.70. The van der Waals surface area contributed by atoms with Gasteiger partial charge in [-0.05, 0) is 36.8 Å². The average Bonchev–Trinajstić information content (AvgIpc) is 2.59. The lowest BCUT2D eigenvalue weighted by atomic mass is 9.93. The molecule has 0 aliphatic heterocycles. The number of pyridine rings is 1. The lowest BCUT2D eigenvalue weighted by Gasteiger charge is -2.17. The fourth-order valence-electron chi connectivity index (χ4n) is 2.50. The van der Waals surface area contributed by atoms with Crippen LogP contribution in [0.4, 0.5) is 5.69 Å². The van der Waals surface area contributed by atoms with E-state index in [1.54, 1.807) is 6.20 Å². The molecule has 3 aromatic rings. The zero-order valence-electron chi connectivity index (χ0n) is 12.9. The second-order valence-electron chi connectivity index (χ2n) is 5.45. The molecule has 3 nitrogen and oxygen atoms in total. The topological polar surface area (TPSA) is 42.0 Å². The number of hydrogen-bond donors (Lipinski definition) is 1. The summed E-state index contributed by atoms with van der Waals surface area (Å²) < 4.78 is 0. The van der Waals surface area contributed by atoms with Crippen LogP contribution in [0.3, 0.4) is 0 Å². The van der Waals surface area contributed by atoms with Crippen LogP contribution in [0.1, 0.15) is 22.7 Å². The van der Waals surface area contributed by atoms with Crippen LogP contribution in [0.5, 0.6) is 0 Å². The van der Waals surface area contributed by atoms with Gasteiger partial charge in [-0.3, -0.25) is 9.78 Å². The smallest absolute Gasteiger partial charge is 0.237 e. The van der Waals surface area contributed by atoms with E-state index in [4.69, 9.17) is 0 Å². The number of amides is 1. The SMILES string of the molecule is Cc1ccc(C(C(=O)Nc2ccccc2)c2ccccn2)cc1. The van der Waals surface area contributed by atoms with Crippen LogP contribution in [0, 0.1) is 6.92 Å². The van der Waals surface area contributed by atoms with Gasteiger partial charge in [-0.15, -0.1) is 0 Å². The van der Waals surface area contributed by atoms with Gasteiger partial charge in [-0.1, -0.05) is 54.1 Å². The molecule has 0 radical (unpaired) electrons. The molecule has 1 aromatic heterocycles.